The molecule has 1 unspecified atom stereocenters. The van der Waals surface area contributed by atoms with Crippen molar-refractivity contribution in [2.24, 2.45) is 0 Å². The summed E-state index contributed by atoms with van der Waals surface area (Å²) in [5, 5.41) is 2.81. The Hall–Kier alpha value is 0.262. The molecule has 8 heteroatoms. The number of anilines is 1. The number of carbonyl (C=O) groups is 2. The number of halogens is 1. The Morgan fingerprint density at radius 2 is 2.09 bits per heavy atom. The molecule has 1 amide bonds. The Kier molecular flexibility index (Phi) is 8.24. The van der Waals surface area contributed by atoms with E-state index in [4.69, 9.17) is 4.74 Å². The third-order valence-corrected chi connectivity index (χ3v) is 29.0. The Morgan fingerprint density at radius 3 is 2.59 bits per heavy atom. The van der Waals surface area contributed by atoms with E-state index in [1.54, 1.807) is 13.0 Å². The van der Waals surface area contributed by atoms with Crippen LogP contribution < -0.4 is 5.32 Å². The van der Waals surface area contributed by atoms with Gasteiger partial charge in [-0.1, -0.05) is 0 Å². The van der Waals surface area contributed by atoms with Crippen LogP contribution in [0.1, 0.15) is 12.5 Å². The fraction of sp³-hybridized carbons (Fsp3) is 0.357. The summed E-state index contributed by atoms with van der Waals surface area (Å²) in [5.74, 6) is -0.951. The van der Waals surface area contributed by atoms with Gasteiger partial charge in [-0.25, -0.2) is 0 Å². The van der Waals surface area contributed by atoms with Gasteiger partial charge in [-0.3, -0.25) is 0 Å². The molecule has 1 aromatic carbocycles. The monoisotopic (exact) mass is 630 g/mol. The van der Waals surface area contributed by atoms with Crippen molar-refractivity contribution in [3.63, 3.8) is 0 Å². The minimum absolute atomic E-state index is 0.209. The van der Waals surface area contributed by atoms with E-state index in [2.05, 4.69) is 29.7 Å². The van der Waals surface area contributed by atoms with Crippen molar-refractivity contribution in [3.8, 4) is 0 Å². The van der Waals surface area contributed by atoms with E-state index in [-0.39, 0.29) is 9.13 Å². The average molecular weight is 631 g/mol. The van der Waals surface area contributed by atoms with Crippen molar-refractivity contribution in [3.05, 3.63) is 28.2 Å². The SMILES string of the molecule is CCOC(=O)[C](C(=O)Nc1ccc(Br)cc1C)=[U]([CH3])([SH])[S]C. The first-order valence-electron chi connectivity index (χ1n) is 6.62. The van der Waals surface area contributed by atoms with E-state index < -0.39 is 32.5 Å². The molecule has 4 nitrogen and oxygen atoms in total. The molecule has 0 spiro atoms. The minimum atomic E-state index is -3.55. The number of thiol groups is 1. The first kappa shape index (κ1) is 20.3. The Bertz CT molecular complexity index is 643. The van der Waals surface area contributed by atoms with Crippen molar-refractivity contribution in [1.82, 2.24) is 0 Å². The molecule has 1 atom stereocenters. The second kappa shape index (κ2) is 8.93. The number of rotatable bonds is 5. The number of nitrogens with one attached hydrogen (secondary N) is 1. The van der Waals surface area contributed by atoms with Crippen molar-refractivity contribution in [2.45, 2.75) is 17.8 Å². The topological polar surface area (TPSA) is 55.4 Å². The van der Waals surface area contributed by atoms with Gasteiger partial charge in [-0.05, 0) is 0 Å². The first-order valence-corrected chi connectivity index (χ1v) is 26.0. The summed E-state index contributed by atoms with van der Waals surface area (Å²) in [7, 11) is 6.17. The van der Waals surface area contributed by atoms with Crippen LogP contribution in [0.5, 0.6) is 0 Å². The van der Waals surface area contributed by atoms with Crippen LogP contribution in [0, 0.1) is 27.5 Å². The fourth-order valence-electron chi connectivity index (χ4n) is 1.75. The Morgan fingerprint density at radius 1 is 1.45 bits per heavy atom. The molecule has 0 fully saturated rings. The predicted molar refractivity (Wildman–Crippen MR) is 97.5 cm³/mol. The zero-order chi connectivity index (χ0) is 16.9. The van der Waals surface area contributed by atoms with Gasteiger partial charge in [0, 0.05) is 0 Å². The number of hydrogen-bond donors (Lipinski definition) is 2. The number of carbonyl (C=O) groups excluding carboxylic acids is 2. The van der Waals surface area contributed by atoms with Crippen LogP contribution in [0.4, 0.5) is 5.69 Å². The van der Waals surface area contributed by atoms with E-state index >= 15 is 0 Å². The maximum absolute atomic E-state index is 12.6. The molecular weight excluding hydrogens is 612 g/mol. The van der Waals surface area contributed by atoms with Crippen LogP contribution >= 0.6 is 32.0 Å². The van der Waals surface area contributed by atoms with Crippen LogP contribution in [-0.2, 0) is 14.3 Å². The van der Waals surface area contributed by atoms with Gasteiger partial charge < -0.3 is 0 Å². The van der Waals surface area contributed by atoms with Crippen LogP contribution in [0.15, 0.2) is 22.7 Å². The summed E-state index contributed by atoms with van der Waals surface area (Å²) < 4.78 is 8.12. The summed E-state index contributed by atoms with van der Waals surface area (Å²) in [5.41, 5.74) is 1.59. The third kappa shape index (κ3) is 5.41. The molecule has 1 rings (SSSR count). The number of benzene rings is 1. The van der Waals surface area contributed by atoms with Crippen molar-refractivity contribution < 1.29 is 34.9 Å². The molecule has 0 aromatic heterocycles. The summed E-state index contributed by atoms with van der Waals surface area (Å²) in [6, 6.07) is 5.54. The van der Waals surface area contributed by atoms with Gasteiger partial charge in [0.2, 0.25) is 0 Å². The van der Waals surface area contributed by atoms with Crippen molar-refractivity contribution in [1.29, 1.82) is 0 Å². The molecule has 0 aliphatic heterocycles. The van der Waals surface area contributed by atoms with Crippen LogP contribution in [0.2, 0.25) is 3.96 Å². The third-order valence-electron chi connectivity index (χ3n) is 3.00. The molecule has 0 radical (unpaired) electrons. The zero-order valence-electron chi connectivity index (χ0n) is 12.9. The second-order valence-corrected chi connectivity index (χ2v) is 40.2. The van der Waals surface area contributed by atoms with Crippen LogP contribution in [-0.4, -0.2) is 27.3 Å². The van der Waals surface area contributed by atoms with Gasteiger partial charge in [-0.15, -0.1) is 0 Å². The number of hydrogen-bond acceptors (Lipinski definition) is 5. The molecule has 1 aromatic rings. The van der Waals surface area contributed by atoms with Gasteiger partial charge >= 0.3 is 151 Å². The Labute approximate surface area is 149 Å². The van der Waals surface area contributed by atoms with Gasteiger partial charge in [-0.2, -0.15) is 0 Å². The van der Waals surface area contributed by atoms with Gasteiger partial charge in [0.25, 0.3) is 0 Å². The molecule has 0 saturated heterocycles. The van der Waals surface area contributed by atoms with Crippen LogP contribution in [0.25, 0.3) is 0 Å². The van der Waals surface area contributed by atoms with Gasteiger partial charge in [0.15, 0.2) is 0 Å². The van der Waals surface area contributed by atoms with E-state index in [9.17, 15) is 9.59 Å². The van der Waals surface area contributed by atoms with Crippen molar-refractivity contribution in [2.75, 3.05) is 18.2 Å². The maximum atomic E-state index is 12.6. The summed E-state index contributed by atoms with van der Waals surface area (Å²) >= 11 is -0.167. The molecule has 121 valence electrons. The molecular formula is C14H19BrNO3S2U. The normalized spacial score (nSPS) is 13.2. The van der Waals surface area contributed by atoms with Gasteiger partial charge in [0.1, 0.15) is 0 Å². The second-order valence-electron chi connectivity index (χ2n) is 4.70. The van der Waals surface area contributed by atoms with Crippen LogP contribution in [0.3, 0.4) is 0 Å². The summed E-state index contributed by atoms with van der Waals surface area (Å²) in [6.07, 6.45) is 1.88. The summed E-state index contributed by atoms with van der Waals surface area (Å²) in [4.78, 5) is 24.8. The van der Waals surface area contributed by atoms with Gasteiger partial charge in [0.05, 0.1) is 0 Å². The summed E-state index contributed by atoms with van der Waals surface area (Å²) in [6.45, 7) is 3.85. The fourth-order valence-corrected chi connectivity index (χ4v) is 12.3. The molecule has 0 heterocycles. The molecule has 1 N–H and O–H groups in total. The molecule has 22 heavy (non-hydrogen) atoms. The molecule has 0 bridgehead atoms. The van der Waals surface area contributed by atoms with E-state index in [0.29, 0.717) is 5.69 Å². The average Bonchev–Trinajstić information content (AvgIpc) is 2.42. The number of ether oxygens (including phenoxy) is 1. The number of esters is 1. The quantitative estimate of drug-likeness (QED) is 0.296. The predicted octanol–water partition coefficient (Wildman–Crippen LogP) is 3.76. The zero-order valence-corrected chi connectivity index (χ0v) is 20.4. The Balaban J connectivity index is 3.19. The first-order chi connectivity index (χ1) is 10.2. The van der Waals surface area contributed by atoms with E-state index in [1.165, 1.54) is 7.59 Å². The molecule has 0 aliphatic rings. The number of aryl methyl sites for hydroxylation is 1. The van der Waals surface area contributed by atoms with E-state index in [1.807, 2.05) is 29.3 Å². The molecule has 0 aliphatic carbocycles. The number of amides is 1. The van der Waals surface area contributed by atoms with Crippen molar-refractivity contribution >= 4 is 52.1 Å². The molecule has 0 saturated carbocycles. The van der Waals surface area contributed by atoms with E-state index in [0.717, 1.165) is 10.0 Å². The standard InChI is InChI=1S/C12H12BrNO3.CH4S.CH3.H2S.U/c1-3-17-12(16)7-11(15)14-10-5-4-9(13)6-8(10)2;1-2;;;/h4-6H,3H2,1-2H3,(H,14,15);2H,1H3;1H3;1H2;/q;;;;+2/p-2.